The van der Waals surface area contributed by atoms with E-state index in [9.17, 15) is 18.0 Å². The van der Waals surface area contributed by atoms with Gasteiger partial charge in [-0.3, -0.25) is 10.1 Å². The van der Waals surface area contributed by atoms with Gasteiger partial charge in [-0.25, -0.2) is 4.79 Å². The zero-order valence-corrected chi connectivity index (χ0v) is 16.9. The van der Waals surface area contributed by atoms with Crippen molar-refractivity contribution in [3.05, 3.63) is 54.6 Å². The number of carbonyl (C=O) groups excluding carboxylic acids is 1. The molecule has 32 heavy (non-hydrogen) atoms. The Morgan fingerprint density at radius 3 is 2.31 bits per heavy atom. The molecule has 0 unspecified atom stereocenters. The minimum absolute atomic E-state index is 0.107. The number of aromatic amines is 1. The molecule has 2 aliphatic rings. The number of aromatic nitrogens is 3. The summed E-state index contributed by atoms with van der Waals surface area (Å²) in [6, 6.07) is 7.27. The number of H-pyrrole nitrogens is 1. The minimum atomic E-state index is -4.55. The number of piperidine rings is 1. The maximum absolute atomic E-state index is 13.9. The normalized spacial score (nSPS) is 18.0. The van der Waals surface area contributed by atoms with E-state index < -0.39 is 23.4 Å². The fourth-order valence-electron chi connectivity index (χ4n) is 4.38. The Balaban J connectivity index is 1.51. The molecule has 1 amide bonds. The first-order valence-corrected chi connectivity index (χ1v) is 10.2. The first-order chi connectivity index (χ1) is 15.3. The lowest BCUT2D eigenvalue weighted by molar-refractivity contribution is -0.137. The number of alkyl halides is 3. The maximum atomic E-state index is 13.9. The summed E-state index contributed by atoms with van der Waals surface area (Å²) in [5.41, 5.74) is 1.53. The fourth-order valence-corrected chi connectivity index (χ4v) is 4.38. The zero-order chi connectivity index (χ0) is 22.3. The molecular weight excluding hydrogens is 423 g/mol. The number of benzene rings is 1. The molecule has 1 spiro atoms. The fraction of sp³-hybridized carbons (Fsp3) is 0.318. The SMILES string of the molecule is O=C1NCC2(CCN(c3c(-c4ccc(-c5cn[nH]c5)cc4)cncc3C(F)(F)F)CC2)O1. The Labute approximate surface area is 181 Å². The summed E-state index contributed by atoms with van der Waals surface area (Å²) in [5, 5.41) is 9.32. The Hall–Kier alpha value is -3.56. The molecule has 7 nitrogen and oxygen atoms in total. The van der Waals surface area contributed by atoms with Gasteiger partial charge in [0.15, 0.2) is 0 Å². The van der Waals surface area contributed by atoms with E-state index in [1.165, 1.54) is 6.20 Å². The molecule has 0 saturated carbocycles. The highest BCUT2D eigenvalue weighted by Crippen LogP contribution is 2.44. The van der Waals surface area contributed by atoms with Crippen LogP contribution in [0, 0.1) is 0 Å². The molecule has 2 fully saturated rings. The van der Waals surface area contributed by atoms with E-state index in [1.54, 1.807) is 29.4 Å². The molecule has 0 atom stereocenters. The molecule has 0 radical (unpaired) electrons. The van der Waals surface area contributed by atoms with Crippen LogP contribution in [-0.4, -0.2) is 46.5 Å². The molecule has 10 heteroatoms. The Morgan fingerprint density at radius 2 is 1.72 bits per heavy atom. The first-order valence-electron chi connectivity index (χ1n) is 10.2. The quantitative estimate of drug-likeness (QED) is 0.633. The van der Waals surface area contributed by atoms with Gasteiger partial charge in [-0.2, -0.15) is 18.3 Å². The molecule has 0 bridgehead atoms. The van der Waals surface area contributed by atoms with Gasteiger partial charge in [-0.05, 0) is 11.1 Å². The second-order valence-electron chi connectivity index (χ2n) is 8.06. The van der Waals surface area contributed by atoms with Crippen LogP contribution in [0.5, 0.6) is 0 Å². The van der Waals surface area contributed by atoms with Gasteiger partial charge in [0.2, 0.25) is 0 Å². The van der Waals surface area contributed by atoms with Crippen LogP contribution in [0.25, 0.3) is 22.3 Å². The lowest BCUT2D eigenvalue weighted by atomic mass is 9.90. The van der Waals surface area contributed by atoms with Gasteiger partial charge in [-0.15, -0.1) is 0 Å². The predicted molar refractivity (Wildman–Crippen MR) is 111 cm³/mol. The average molecular weight is 443 g/mol. The second kappa shape index (κ2) is 7.54. The number of amides is 1. The number of carbonyl (C=O) groups is 1. The van der Waals surface area contributed by atoms with Crippen LogP contribution in [0.3, 0.4) is 0 Å². The monoisotopic (exact) mass is 443 g/mol. The standard InChI is InChI=1S/C22H20F3N5O2/c23-22(24,25)18-12-26-11-17(15-3-1-14(2-4-15)16-9-28-29-10-16)19(18)30-7-5-21(6-8-30)13-27-20(31)32-21/h1-4,9-12H,5-8,13H2,(H,27,31)(H,28,29). The number of anilines is 1. The summed E-state index contributed by atoms with van der Waals surface area (Å²) in [6.45, 7) is 1.05. The van der Waals surface area contributed by atoms with Gasteiger partial charge in [0.1, 0.15) is 5.60 Å². The topological polar surface area (TPSA) is 83.1 Å². The van der Waals surface area contributed by atoms with Crippen LogP contribution >= 0.6 is 0 Å². The Morgan fingerprint density at radius 1 is 1.00 bits per heavy atom. The van der Waals surface area contributed by atoms with Crippen molar-refractivity contribution in [3.63, 3.8) is 0 Å². The number of pyridine rings is 1. The van der Waals surface area contributed by atoms with Crippen LogP contribution in [0.4, 0.5) is 23.7 Å². The van der Waals surface area contributed by atoms with Gasteiger partial charge in [0.05, 0.1) is 24.0 Å². The van der Waals surface area contributed by atoms with E-state index in [0.717, 1.165) is 17.3 Å². The van der Waals surface area contributed by atoms with E-state index in [-0.39, 0.29) is 5.69 Å². The number of nitrogens with zero attached hydrogens (tertiary/aromatic N) is 3. The van der Waals surface area contributed by atoms with Gasteiger partial charge < -0.3 is 15.0 Å². The van der Waals surface area contributed by atoms with Crippen molar-refractivity contribution in [3.8, 4) is 22.3 Å². The van der Waals surface area contributed by atoms with Crippen molar-refractivity contribution in [2.24, 2.45) is 0 Å². The Bertz CT molecular complexity index is 1120. The molecule has 5 rings (SSSR count). The number of hydrogen-bond acceptors (Lipinski definition) is 5. The van der Waals surface area contributed by atoms with Crippen molar-refractivity contribution in [1.82, 2.24) is 20.5 Å². The average Bonchev–Trinajstić information content (AvgIpc) is 3.44. The van der Waals surface area contributed by atoms with Crippen LogP contribution in [0.2, 0.25) is 0 Å². The summed E-state index contributed by atoms with van der Waals surface area (Å²) >= 11 is 0. The van der Waals surface area contributed by atoms with Crippen molar-refractivity contribution in [2.75, 3.05) is 24.5 Å². The van der Waals surface area contributed by atoms with Crippen LogP contribution in [0.1, 0.15) is 18.4 Å². The number of nitrogens with one attached hydrogen (secondary N) is 2. The molecule has 4 heterocycles. The molecule has 1 aromatic carbocycles. The van der Waals surface area contributed by atoms with E-state index in [0.29, 0.717) is 43.6 Å². The molecule has 2 saturated heterocycles. The highest BCUT2D eigenvalue weighted by atomic mass is 19.4. The molecule has 2 aliphatic heterocycles. The highest BCUT2D eigenvalue weighted by Gasteiger charge is 2.45. The molecular formula is C22H20F3N5O2. The van der Waals surface area contributed by atoms with Gasteiger partial charge in [0, 0.05) is 55.6 Å². The second-order valence-corrected chi connectivity index (χ2v) is 8.06. The highest BCUT2D eigenvalue weighted by molar-refractivity contribution is 5.82. The Kier molecular flexibility index (Phi) is 4.79. The third kappa shape index (κ3) is 3.65. The third-order valence-electron chi connectivity index (χ3n) is 6.11. The number of rotatable bonds is 3. The maximum Gasteiger partial charge on any atom is 0.419 e. The van der Waals surface area contributed by atoms with E-state index >= 15 is 0 Å². The van der Waals surface area contributed by atoms with Gasteiger partial charge in [0.25, 0.3) is 0 Å². The molecule has 2 aromatic heterocycles. The zero-order valence-electron chi connectivity index (χ0n) is 16.9. The molecule has 166 valence electrons. The van der Waals surface area contributed by atoms with Crippen molar-refractivity contribution in [2.45, 2.75) is 24.6 Å². The smallest absolute Gasteiger partial charge is 0.419 e. The first kappa shape index (κ1) is 20.3. The number of alkyl carbamates (subject to hydrolysis) is 1. The van der Waals surface area contributed by atoms with E-state index in [2.05, 4.69) is 20.5 Å². The van der Waals surface area contributed by atoms with Crippen molar-refractivity contribution in [1.29, 1.82) is 0 Å². The summed E-state index contributed by atoms with van der Waals surface area (Å²) < 4.78 is 47.2. The predicted octanol–water partition coefficient (Wildman–Crippen LogP) is 4.24. The van der Waals surface area contributed by atoms with E-state index in [1.807, 2.05) is 12.1 Å². The van der Waals surface area contributed by atoms with Crippen molar-refractivity contribution >= 4 is 11.8 Å². The lowest BCUT2D eigenvalue weighted by Crippen LogP contribution is -2.47. The number of halogens is 3. The summed E-state index contributed by atoms with van der Waals surface area (Å²) in [7, 11) is 0. The van der Waals surface area contributed by atoms with Crippen LogP contribution < -0.4 is 10.2 Å². The third-order valence-corrected chi connectivity index (χ3v) is 6.11. The summed E-state index contributed by atoms with van der Waals surface area (Å²) in [6.07, 6.45) is 1.65. The number of ether oxygens (including phenoxy) is 1. The number of hydrogen-bond donors (Lipinski definition) is 2. The minimum Gasteiger partial charge on any atom is -0.441 e. The summed E-state index contributed by atoms with van der Waals surface area (Å²) in [5.74, 6) is 0. The van der Waals surface area contributed by atoms with Gasteiger partial charge >= 0.3 is 12.3 Å². The largest absolute Gasteiger partial charge is 0.441 e. The molecule has 0 aliphatic carbocycles. The summed E-state index contributed by atoms with van der Waals surface area (Å²) in [4.78, 5) is 17.1. The van der Waals surface area contributed by atoms with Crippen LogP contribution in [-0.2, 0) is 10.9 Å². The van der Waals surface area contributed by atoms with E-state index in [4.69, 9.17) is 4.74 Å². The van der Waals surface area contributed by atoms with Gasteiger partial charge in [-0.1, -0.05) is 24.3 Å². The van der Waals surface area contributed by atoms with Crippen molar-refractivity contribution < 1.29 is 22.7 Å². The molecule has 2 N–H and O–H groups in total. The van der Waals surface area contributed by atoms with Crippen LogP contribution in [0.15, 0.2) is 49.1 Å². The molecule has 3 aromatic rings. The lowest BCUT2D eigenvalue weighted by Gasteiger charge is -2.39.